The van der Waals surface area contributed by atoms with Crippen LogP contribution in [0.2, 0.25) is 0 Å². The van der Waals surface area contributed by atoms with Crippen LogP contribution < -0.4 is 5.56 Å². The van der Waals surface area contributed by atoms with Crippen LogP contribution in [-0.4, -0.2) is 28.0 Å². The second-order valence-electron chi connectivity index (χ2n) is 5.82. The van der Waals surface area contributed by atoms with Crippen molar-refractivity contribution in [3.8, 4) is 0 Å². The van der Waals surface area contributed by atoms with Crippen LogP contribution in [0.15, 0.2) is 40.0 Å². The summed E-state index contributed by atoms with van der Waals surface area (Å²) in [5.41, 5.74) is -1.65. The molecule has 0 aliphatic heterocycles. The molecule has 2 aromatic heterocycles. The van der Waals surface area contributed by atoms with Crippen molar-refractivity contribution in [3.63, 3.8) is 0 Å². The number of hydrogen-bond donors (Lipinski definition) is 1. The molecule has 0 saturated heterocycles. The first-order chi connectivity index (χ1) is 13.2. The summed E-state index contributed by atoms with van der Waals surface area (Å²) in [7, 11) is 1.26. The Hall–Kier alpha value is -2.88. The summed E-state index contributed by atoms with van der Waals surface area (Å²) in [6, 6.07) is 7.43. The Bertz CT molecular complexity index is 1100. The number of rotatable bonds is 4. The number of aryl methyl sites for hydroxylation is 1. The third-order valence-electron chi connectivity index (χ3n) is 3.83. The lowest BCUT2D eigenvalue weighted by atomic mass is 10.1. The highest BCUT2D eigenvalue weighted by Crippen LogP contribution is 2.34. The Morgan fingerprint density at radius 3 is 2.50 bits per heavy atom. The summed E-state index contributed by atoms with van der Waals surface area (Å²) in [6.45, 7) is 1.47. The number of thioether (sulfide) groups is 1. The summed E-state index contributed by atoms with van der Waals surface area (Å²) in [5.74, 6) is -0.384. The van der Waals surface area contributed by atoms with Gasteiger partial charge < -0.3 is 9.72 Å². The van der Waals surface area contributed by atoms with Crippen LogP contribution >= 0.6 is 11.8 Å². The highest BCUT2D eigenvalue weighted by molar-refractivity contribution is 7.98. The molecule has 0 fully saturated rings. The van der Waals surface area contributed by atoms with Gasteiger partial charge in [0, 0.05) is 10.6 Å². The van der Waals surface area contributed by atoms with Crippen molar-refractivity contribution >= 4 is 28.8 Å². The minimum atomic E-state index is -4.68. The van der Waals surface area contributed by atoms with Gasteiger partial charge in [-0.2, -0.15) is 13.2 Å². The van der Waals surface area contributed by atoms with E-state index in [1.165, 1.54) is 32.2 Å². The first-order valence-electron chi connectivity index (χ1n) is 7.98. The number of esters is 1. The second-order valence-corrected chi connectivity index (χ2v) is 6.87. The van der Waals surface area contributed by atoms with Gasteiger partial charge in [-0.05, 0) is 42.8 Å². The van der Waals surface area contributed by atoms with Crippen LogP contribution in [0.25, 0.3) is 11.0 Å². The number of nitrogens with one attached hydrogen (secondary N) is 1. The molecule has 0 aliphatic rings. The van der Waals surface area contributed by atoms with E-state index < -0.39 is 23.4 Å². The number of H-pyrrole nitrogens is 1. The number of aromatic nitrogens is 3. The summed E-state index contributed by atoms with van der Waals surface area (Å²) in [4.78, 5) is 34.1. The van der Waals surface area contributed by atoms with E-state index in [9.17, 15) is 22.8 Å². The summed E-state index contributed by atoms with van der Waals surface area (Å²) in [6.07, 6.45) is -4.68. The average molecular weight is 409 g/mol. The molecular weight excluding hydrogens is 395 g/mol. The van der Waals surface area contributed by atoms with Gasteiger partial charge in [-0.1, -0.05) is 0 Å². The maximum atomic E-state index is 13.4. The Morgan fingerprint density at radius 2 is 1.89 bits per heavy atom. The molecule has 0 radical (unpaired) electrons. The van der Waals surface area contributed by atoms with Crippen molar-refractivity contribution in [1.82, 2.24) is 15.0 Å². The van der Waals surface area contributed by atoms with E-state index >= 15 is 0 Å². The number of carbonyl (C=O) groups excluding carboxylic acids is 1. The van der Waals surface area contributed by atoms with E-state index in [2.05, 4.69) is 19.7 Å². The zero-order chi connectivity index (χ0) is 20.5. The van der Waals surface area contributed by atoms with Crippen molar-refractivity contribution < 1.29 is 22.7 Å². The number of ether oxygens (including phenoxy) is 1. The molecule has 6 nitrogen and oxygen atoms in total. The molecule has 1 N–H and O–H groups in total. The van der Waals surface area contributed by atoms with Crippen molar-refractivity contribution in [2.45, 2.75) is 23.7 Å². The van der Waals surface area contributed by atoms with Crippen LogP contribution in [0.1, 0.15) is 27.4 Å². The molecule has 3 rings (SSSR count). The van der Waals surface area contributed by atoms with Crippen molar-refractivity contribution in [3.05, 3.63) is 63.3 Å². The number of halogens is 3. The highest BCUT2D eigenvalue weighted by atomic mass is 32.2. The zero-order valence-electron chi connectivity index (χ0n) is 14.8. The van der Waals surface area contributed by atoms with Gasteiger partial charge in [-0.15, -0.1) is 11.8 Å². The third kappa shape index (κ3) is 4.16. The Balaban J connectivity index is 1.95. The quantitative estimate of drug-likeness (QED) is 0.522. The van der Waals surface area contributed by atoms with Gasteiger partial charge >= 0.3 is 12.1 Å². The van der Waals surface area contributed by atoms with Gasteiger partial charge in [0.15, 0.2) is 11.3 Å². The Kier molecular flexibility index (Phi) is 5.41. The number of nitrogens with zero attached hydrogens (tertiary/aromatic N) is 2. The molecule has 0 saturated carbocycles. The number of methoxy groups -OCH3 is 1. The number of alkyl halides is 3. The fourth-order valence-corrected chi connectivity index (χ4v) is 3.41. The SMILES string of the molecule is COC(=O)c1ccc(SCc2cc3c(=O)[nH]c(C)nc3nc2C(F)(F)F)cc1. The van der Waals surface area contributed by atoms with E-state index in [-0.39, 0.29) is 28.2 Å². The second kappa shape index (κ2) is 7.63. The lowest BCUT2D eigenvalue weighted by molar-refractivity contribution is -0.141. The Morgan fingerprint density at radius 1 is 1.21 bits per heavy atom. The minimum Gasteiger partial charge on any atom is -0.465 e. The van der Waals surface area contributed by atoms with E-state index in [0.29, 0.717) is 10.5 Å². The normalized spacial score (nSPS) is 11.6. The fraction of sp³-hybridized carbons (Fsp3) is 0.222. The van der Waals surface area contributed by atoms with E-state index in [1.54, 1.807) is 12.1 Å². The number of fused-ring (bicyclic) bond motifs is 1. The molecule has 28 heavy (non-hydrogen) atoms. The molecule has 10 heteroatoms. The molecule has 1 aromatic carbocycles. The predicted octanol–water partition coefficient (Wildman–Crippen LogP) is 3.72. The maximum absolute atomic E-state index is 13.4. The number of pyridine rings is 1. The van der Waals surface area contributed by atoms with E-state index in [1.807, 2.05) is 0 Å². The standard InChI is InChI=1S/C18H14F3N3O3S/c1-9-22-15-13(16(25)23-9)7-11(14(24-15)18(19,20)21)8-28-12-5-3-10(4-6-12)17(26)27-2/h3-7H,8H2,1-2H3,(H,22,23,24,25). The minimum absolute atomic E-state index is 0.00441. The van der Waals surface area contributed by atoms with Crippen molar-refractivity contribution in [2.24, 2.45) is 0 Å². The number of carbonyl (C=O) groups is 1. The lowest BCUT2D eigenvalue weighted by Crippen LogP contribution is -2.16. The molecule has 146 valence electrons. The third-order valence-corrected chi connectivity index (χ3v) is 4.89. The molecule has 0 spiro atoms. The summed E-state index contributed by atoms with van der Waals surface area (Å²) >= 11 is 1.12. The first kappa shape index (κ1) is 19.9. The molecule has 0 aliphatic carbocycles. The molecule has 0 unspecified atom stereocenters. The smallest absolute Gasteiger partial charge is 0.433 e. The largest absolute Gasteiger partial charge is 0.465 e. The van der Waals surface area contributed by atoms with Gasteiger partial charge in [0.1, 0.15) is 5.82 Å². The van der Waals surface area contributed by atoms with Crippen LogP contribution in [-0.2, 0) is 16.7 Å². The van der Waals surface area contributed by atoms with Crippen LogP contribution in [0, 0.1) is 6.92 Å². The average Bonchev–Trinajstić information content (AvgIpc) is 2.65. The van der Waals surface area contributed by atoms with Gasteiger partial charge in [-0.3, -0.25) is 4.79 Å². The van der Waals surface area contributed by atoms with Crippen molar-refractivity contribution in [1.29, 1.82) is 0 Å². The Labute approximate surface area is 161 Å². The highest BCUT2D eigenvalue weighted by Gasteiger charge is 2.36. The monoisotopic (exact) mass is 409 g/mol. The van der Waals surface area contributed by atoms with Gasteiger partial charge in [0.05, 0.1) is 18.1 Å². The number of hydrogen-bond acceptors (Lipinski definition) is 6. The lowest BCUT2D eigenvalue weighted by Gasteiger charge is -2.13. The fourth-order valence-electron chi connectivity index (χ4n) is 2.54. The summed E-state index contributed by atoms with van der Waals surface area (Å²) in [5, 5.41) is -0.00441. The van der Waals surface area contributed by atoms with Crippen molar-refractivity contribution in [2.75, 3.05) is 7.11 Å². The molecule has 3 aromatic rings. The summed E-state index contributed by atoms with van der Waals surface area (Å²) < 4.78 is 44.9. The van der Waals surface area contributed by atoms with Gasteiger partial charge in [-0.25, -0.2) is 14.8 Å². The molecular formula is C18H14F3N3O3S. The number of benzene rings is 1. The van der Waals surface area contributed by atoms with E-state index in [4.69, 9.17) is 0 Å². The molecule has 2 heterocycles. The molecule has 0 atom stereocenters. The molecule has 0 amide bonds. The zero-order valence-corrected chi connectivity index (χ0v) is 15.6. The van der Waals surface area contributed by atoms with Gasteiger partial charge in [0.25, 0.3) is 5.56 Å². The molecule has 0 bridgehead atoms. The van der Waals surface area contributed by atoms with Gasteiger partial charge in [0.2, 0.25) is 0 Å². The van der Waals surface area contributed by atoms with Crippen LogP contribution in [0.4, 0.5) is 13.2 Å². The first-order valence-corrected chi connectivity index (χ1v) is 8.96. The topological polar surface area (TPSA) is 84.9 Å². The number of aromatic amines is 1. The maximum Gasteiger partial charge on any atom is 0.433 e. The van der Waals surface area contributed by atoms with E-state index in [0.717, 1.165) is 11.8 Å². The predicted molar refractivity (Wildman–Crippen MR) is 97.2 cm³/mol. The van der Waals surface area contributed by atoms with Crippen LogP contribution in [0.5, 0.6) is 0 Å². The van der Waals surface area contributed by atoms with Crippen LogP contribution in [0.3, 0.4) is 0 Å².